The maximum Gasteiger partial charge on any atom is 0.255 e. The molecule has 0 bridgehead atoms. The first-order chi connectivity index (χ1) is 13.1. The van der Waals surface area contributed by atoms with Crippen LogP contribution in [-0.4, -0.2) is 41.8 Å². The Balaban J connectivity index is 1.53. The molecule has 0 saturated carbocycles. The summed E-state index contributed by atoms with van der Waals surface area (Å²) in [5, 5.41) is 5.76. The summed E-state index contributed by atoms with van der Waals surface area (Å²) in [5.74, 6) is -0.764. The fourth-order valence-corrected chi connectivity index (χ4v) is 3.72. The molecule has 2 heterocycles. The molecule has 3 amide bonds. The molecule has 27 heavy (non-hydrogen) atoms. The number of carbonyl (C=O) groups excluding carboxylic acids is 3. The normalized spacial score (nSPS) is 19.4. The molecule has 7 nitrogen and oxygen atoms in total. The Labute approximate surface area is 159 Å². The summed E-state index contributed by atoms with van der Waals surface area (Å²) in [7, 11) is 0. The zero-order valence-electron chi connectivity index (χ0n) is 15.6. The lowest BCUT2D eigenvalue weighted by Crippen LogP contribution is -2.52. The largest absolute Gasteiger partial charge is 0.330 e. The first-order valence-electron chi connectivity index (χ1n) is 9.77. The number of hydrogen-bond acceptors (Lipinski definition) is 5. The highest BCUT2D eigenvalue weighted by Crippen LogP contribution is 2.28. The molecule has 2 aliphatic heterocycles. The zero-order valence-corrected chi connectivity index (χ0v) is 15.6. The number of nitrogens with one attached hydrogen (secondary N) is 2. The van der Waals surface area contributed by atoms with Crippen molar-refractivity contribution in [1.82, 2.24) is 15.5 Å². The first kappa shape index (κ1) is 19.5. The molecule has 1 fully saturated rings. The summed E-state index contributed by atoms with van der Waals surface area (Å²) in [4.78, 5) is 37.7. The van der Waals surface area contributed by atoms with Crippen LogP contribution in [0.25, 0.3) is 0 Å². The number of amides is 3. The van der Waals surface area contributed by atoms with Crippen LogP contribution in [0.15, 0.2) is 18.2 Å². The molecule has 0 radical (unpaired) electrons. The summed E-state index contributed by atoms with van der Waals surface area (Å²) in [6.45, 7) is 2.91. The third-order valence-electron chi connectivity index (χ3n) is 5.22. The van der Waals surface area contributed by atoms with Crippen molar-refractivity contribution in [2.24, 2.45) is 5.73 Å². The van der Waals surface area contributed by atoms with Gasteiger partial charge in [0.15, 0.2) is 0 Å². The van der Waals surface area contributed by atoms with Crippen LogP contribution in [0.5, 0.6) is 0 Å². The molecule has 1 aromatic rings. The number of carbonyl (C=O) groups is 3. The molecule has 4 N–H and O–H groups in total. The highest BCUT2D eigenvalue weighted by atomic mass is 16.2. The van der Waals surface area contributed by atoms with Gasteiger partial charge in [-0.3, -0.25) is 19.7 Å². The van der Waals surface area contributed by atoms with E-state index < -0.39 is 6.04 Å². The van der Waals surface area contributed by atoms with Gasteiger partial charge in [0.05, 0.1) is 0 Å². The molecule has 146 valence electrons. The molecule has 1 atom stereocenters. The zero-order chi connectivity index (χ0) is 19.2. The van der Waals surface area contributed by atoms with E-state index in [0.717, 1.165) is 43.6 Å². The summed E-state index contributed by atoms with van der Waals surface area (Å²) in [6.07, 6.45) is 5.24. The highest BCUT2D eigenvalue weighted by molar-refractivity contribution is 6.05. The van der Waals surface area contributed by atoms with E-state index in [9.17, 15) is 14.4 Å². The van der Waals surface area contributed by atoms with E-state index in [1.807, 2.05) is 18.2 Å². The lowest BCUT2D eigenvalue weighted by molar-refractivity contribution is -0.136. The standard InChI is InChI=1S/C20H28N4O3/c21-9-3-1-2-4-10-22-12-14-5-6-16-15(11-14)13-24(20(16)27)17-7-8-18(25)23-19(17)26/h5-6,11,17,22H,1-4,7-10,12-13,21H2,(H,23,25,26). The Bertz CT molecular complexity index is 719. The minimum Gasteiger partial charge on any atom is -0.330 e. The number of nitrogens with two attached hydrogens (primary N) is 1. The SMILES string of the molecule is NCCCCCCNCc1ccc2c(c1)CN(C1CCC(=O)NC1=O)C2=O. The maximum absolute atomic E-state index is 12.7. The molecule has 7 heteroatoms. The van der Waals surface area contributed by atoms with Gasteiger partial charge in [-0.25, -0.2) is 0 Å². The quantitative estimate of drug-likeness (QED) is 0.444. The Hall–Kier alpha value is -2.25. The molecule has 0 spiro atoms. The summed E-state index contributed by atoms with van der Waals surface area (Å²) < 4.78 is 0. The van der Waals surface area contributed by atoms with Crippen molar-refractivity contribution in [3.63, 3.8) is 0 Å². The third-order valence-corrected chi connectivity index (χ3v) is 5.22. The second kappa shape index (κ2) is 9.10. The maximum atomic E-state index is 12.7. The monoisotopic (exact) mass is 372 g/mol. The van der Waals surface area contributed by atoms with Crippen LogP contribution >= 0.6 is 0 Å². The molecule has 0 aromatic heterocycles. The average Bonchev–Trinajstić information content (AvgIpc) is 2.97. The van der Waals surface area contributed by atoms with Gasteiger partial charge in [0, 0.05) is 25.1 Å². The first-order valence-corrected chi connectivity index (χ1v) is 9.77. The molecule has 0 aliphatic carbocycles. The number of piperidine rings is 1. The van der Waals surface area contributed by atoms with Crippen molar-refractivity contribution in [3.05, 3.63) is 34.9 Å². The van der Waals surface area contributed by atoms with Crippen LogP contribution < -0.4 is 16.4 Å². The minimum atomic E-state index is -0.558. The molecule has 1 saturated heterocycles. The van der Waals surface area contributed by atoms with E-state index in [1.165, 1.54) is 12.8 Å². The van der Waals surface area contributed by atoms with E-state index in [0.29, 0.717) is 18.5 Å². The fraction of sp³-hybridized carbons (Fsp3) is 0.550. The van der Waals surface area contributed by atoms with E-state index in [2.05, 4.69) is 10.6 Å². The van der Waals surface area contributed by atoms with Crippen LogP contribution in [0.3, 0.4) is 0 Å². The van der Waals surface area contributed by atoms with Gasteiger partial charge in [0.25, 0.3) is 5.91 Å². The van der Waals surface area contributed by atoms with Crippen molar-refractivity contribution >= 4 is 17.7 Å². The number of benzene rings is 1. The minimum absolute atomic E-state index is 0.126. The Morgan fingerprint density at radius 2 is 1.96 bits per heavy atom. The predicted molar refractivity (Wildman–Crippen MR) is 102 cm³/mol. The Morgan fingerprint density at radius 1 is 1.15 bits per heavy atom. The van der Waals surface area contributed by atoms with E-state index >= 15 is 0 Å². The predicted octanol–water partition coefficient (Wildman–Crippen LogP) is 1.06. The topological polar surface area (TPSA) is 105 Å². The lowest BCUT2D eigenvalue weighted by Gasteiger charge is -2.29. The lowest BCUT2D eigenvalue weighted by atomic mass is 10.0. The van der Waals surface area contributed by atoms with E-state index in [1.54, 1.807) is 4.90 Å². The Morgan fingerprint density at radius 3 is 2.74 bits per heavy atom. The number of rotatable bonds is 9. The highest BCUT2D eigenvalue weighted by Gasteiger charge is 2.38. The molecule has 1 unspecified atom stereocenters. The van der Waals surface area contributed by atoms with Gasteiger partial charge in [-0.15, -0.1) is 0 Å². The summed E-state index contributed by atoms with van der Waals surface area (Å²) >= 11 is 0. The van der Waals surface area contributed by atoms with E-state index in [-0.39, 0.29) is 24.1 Å². The number of hydrogen-bond donors (Lipinski definition) is 3. The molecule has 3 rings (SSSR count). The van der Waals surface area contributed by atoms with Gasteiger partial charge in [-0.05, 0) is 49.5 Å². The van der Waals surface area contributed by atoms with Gasteiger partial charge < -0.3 is 16.0 Å². The van der Waals surface area contributed by atoms with Crippen molar-refractivity contribution in [3.8, 4) is 0 Å². The van der Waals surface area contributed by atoms with Crippen LogP contribution in [-0.2, 0) is 22.7 Å². The van der Waals surface area contributed by atoms with Crippen LogP contribution in [0.4, 0.5) is 0 Å². The molecular weight excluding hydrogens is 344 g/mol. The van der Waals surface area contributed by atoms with Crippen molar-refractivity contribution < 1.29 is 14.4 Å². The number of nitrogens with zero attached hydrogens (tertiary/aromatic N) is 1. The van der Waals surface area contributed by atoms with Crippen molar-refractivity contribution in [2.75, 3.05) is 13.1 Å². The molecular formula is C20H28N4O3. The van der Waals surface area contributed by atoms with E-state index in [4.69, 9.17) is 5.73 Å². The van der Waals surface area contributed by atoms with Crippen LogP contribution in [0.2, 0.25) is 0 Å². The van der Waals surface area contributed by atoms with Gasteiger partial charge >= 0.3 is 0 Å². The fourth-order valence-electron chi connectivity index (χ4n) is 3.72. The summed E-state index contributed by atoms with van der Waals surface area (Å²) in [5.41, 5.74) is 8.23. The van der Waals surface area contributed by atoms with Gasteiger partial charge in [0.1, 0.15) is 6.04 Å². The van der Waals surface area contributed by atoms with Crippen molar-refractivity contribution in [1.29, 1.82) is 0 Å². The average molecular weight is 372 g/mol. The van der Waals surface area contributed by atoms with Gasteiger partial charge in [-0.1, -0.05) is 25.0 Å². The summed E-state index contributed by atoms with van der Waals surface area (Å²) in [6, 6.07) is 5.30. The van der Waals surface area contributed by atoms with Gasteiger partial charge in [0.2, 0.25) is 11.8 Å². The van der Waals surface area contributed by atoms with Crippen LogP contribution in [0, 0.1) is 0 Å². The molecule has 1 aromatic carbocycles. The number of fused-ring (bicyclic) bond motifs is 1. The second-order valence-electron chi connectivity index (χ2n) is 7.27. The second-order valence-corrected chi connectivity index (χ2v) is 7.27. The Kier molecular flexibility index (Phi) is 6.58. The number of imide groups is 1. The third kappa shape index (κ3) is 4.73. The van der Waals surface area contributed by atoms with Gasteiger partial charge in [-0.2, -0.15) is 0 Å². The smallest absolute Gasteiger partial charge is 0.255 e. The van der Waals surface area contributed by atoms with Crippen molar-refractivity contribution in [2.45, 2.75) is 57.7 Å². The molecule has 2 aliphatic rings. The number of unbranched alkanes of at least 4 members (excludes halogenated alkanes) is 3. The van der Waals surface area contributed by atoms with Crippen LogP contribution in [0.1, 0.15) is 60.0 Å².